The van der Waals surface area contributed by atoms with Gasteiger partial charge in [0, 0.05) is 19.5 Å². The van der Waals surface area contributed by atoms with Gasteiger partial charge in [0.05, 0.1) is 5.92 Å². The number of carbonyl (C=O) groups is 1. The van der Waals surface area contributed by atoms with Crippen LogP contribution in [-0.2, 0) is 24.3 Å². The SMILES string of the molecule is O=C(O)C1CCCCCC1.[Zn]. The molecule has 1 aliphatic carbocycles. The van der Waals surface area contributed by atoms with Crippen LogP contribution in [0.15, 0.2) is 0 Å². The number of carboxylic acid groups (broad SMARTS) is 1. The van der Waals surface area contributed by atoms with E-state index < -0.39 is 5.97 Å². The molecule has 60 valence electrons. The van der Waals surface area contributed by atoms with Gasteiger partial charge in [-0.1, -0.05) is 25.7 Å². The van der Waals surface area contributed by atoms with Gasteiger partial charge in [0.25, 0.3) is 0 Å². The third-order valence-electron chi connectivity index (χ3n) is 2.20. The molecule has 1 N–H and O–H groups in total. The third-order valence-corrected chi connectivity index (χ3v) is 2.20. The van der Waals surface area contributed by atoms with E-state index in [0.29, 0.717) is 0 Å². The van der Waals surface area contributed by atoms with Gasteiger partial charge in [-0.2, -0.15) is 0 Å². The normalized spacial score (nSPS) is 20.0. The summed E-state index contributed by atoms with van der Waals surface area (Å²) in [5, 5.41) is 8.66. The molecule has 0 unspecified atom stereocenters. The van der Waals surface area contributed by atoms with Crippen molar-refractivity contribution in [2.75, 3.05) is 0 Å². The Morgan fingerprint density at radius 3 is 1.91 bits per heavy atom. The average molecular weight is 208 g/mol. The van der Waals surface area contributed by atoms with Crippen LogP contribution in [0.4, 0.5) is 0 Å². The van der Waals surface area contributed by atoms with Gasteiger partial charge < -0.3 is 5.11 Å². The van der Waals surface area contributed by atoms with Gasteiger partial charge in [-0.25, -0.2) is 0 Å². The molecule has 0 aromatic rings. The summed E-state index contributed by atoms with van der Waals surface area (Å²) in [6, 6.07) is 0. The van der Waals surface area contributed by atoms with E-state index in [-0.39, 0.29) is 25.4 Å². The van der Waals surface area contributed by atoms with Crippen molar-refractivity contribution in [3.63, 3.8) is 0 Å². The smallest absolute Gasteiger partial charge is 0.306 e. The zero-order chi connectivity index (χ0) is 7.40. The number of hydrogen-bond donors (Lipinski definition) is 1. The topological polar surface area (TPSA) is 37.3 Å². The quantitative estimate of drug-likeness (QED) is 0.528. The zero-order valence-electron chi connectivity index (χ0n) is 6.88. The first kappa shape index (κ1) is 11.1. The molecule has 3 heteroatoms. The van der Waals surface area contributed by atoms with Crippen LogP contribution < -0.4 is 0 Å². The Bertz CT molecular complexity index is 117. The molecule has 1 fully saturated rings. The van der Waals surface area contributed by atoms with E-state index in [1.807, 2.05) is 0 Å². The Balaban J connectivity index is 0.000001000. The molecule has 0 atom stereocenters. The fraction of sp³-hybridized carbons (Fsp3) is 0.875. The summed E-state index contributed by atoms with van der Waals surface area (Å²) < 4.78 is 0. The van der Waals surface area contributed by atoms with Crippen molar-refractivity contribution < 1.29 is 29.4 Å². The first-order valence-corrected chi connectivity index (χ1v) is 4.03. The zero-order valence-corrected chi connectivity index (χ0v) is 9.85. The van der Waals surface area contributed by atoms with Crippen LogP contribution in [0.5, 0.6) is 0 Å². The largest absolute Gasteiger partial charge is 0.481 e. The Morgan fingerprint density at radius 2 is 1.55 bits per heavy atom. The van der Waals surface area contributed by atoms with Crippen LogP contribution in [0, 0.1) is 5.92 Å². The Kier molecular flexibility index (Phi) is 5.76. The number of hydrogen-bond acceptors (Lipinski definition) is 1. The number of rotatable bonds is 1. The number of aliphatic carboxylic acids is 1. The molecule has 0 saturated heterocycles. The summed E-state index contributed by atoms with van der Waals surface area (Å²) in [7, 11) is 0. The minimum absolute atomic E-state index is 0. The van der Waals surface area contributed by atoms with E-state index in [9.17, 15) is 4.79 Å². The van der Waals surface area contributed by atoms with E-state index in [2.05, 4.69) is 0 Å². The number of carboxylic acids is 1. The summed E-state index contributed by atoms with van der Waals surface area (Å²) in [6.45, 7) is 0. The first-order chi connectivity index (χ1) is 4.80. The maximum absolute atomic E-state index is 10.5. The van der Waals surface area contributed by atoms with Gasteiger partial charge in [-0.05, 0) is 12.8 Å². The minimum Gasteiger partial charge on any atom is -0.481 e. The summed E-state index contributed by atoms with van der Waals surface area (Å²) in [4.78, 5) is 10.5. The van der Waals surface area contributed by atoms with E-state index in [4.69, 9.17) is 5.11 Å². The first-order valence-electron chi connectivity index (χ1n) is 4.03. The maximum Gasteiger partial charge on any atom is 0.306 e. The van der Waals surface area contributed by atoms with Gasteiger partial charge >= 0.3 is 5.97 Å². The van der Waals surface area contributed by atoms with Crippen LogP contribution in [0.2, 0.25) is 0 Å². The van der Waals surface area contributed by atoms with E-state index >= 15 is 0 Å². The van der Waals surface area contributed by atoms with Crippen LogP contribution in [-0.4, -0.2) is 11.1 Å². The van der Waals surface area contributed by atoms with Crippen molar-refractivity contribution in [3.8, 4) is 0 Å². The van der Waals surface area contributed by atoms with Crippen LogP contribution >= 0.6 is 0 Å². The molecule has 0 aromatic carbocycles. The second kappa shape index (κ2) is 5.71. The van der Waals surface area contributed by atoms with Gasteiger partial charge in [0.15, 0.2) is 0 Å². The molecule has 1 rings (SSSR count). The summed E-state index contributed by atoms with van der Waals surface area (Å²) >= 11 is 0. The molecule has 0 heterocycles. The molecular weight excluding hydrogens is 193 g/mol. The molecular formula is C8H14O2Zn. The molecule has 0 amide bonds. The fourth-order valence-corrected chi connectivity index (χ4v) is 1.53. The van der Waals surface area contributed by atoms with Gasteiger partial charge in [0.1, 0.15) is 0 Å². The van der Waals surface area contributed by atoms with Crippen molar-refractivity contribution >= 4 is 5.97 Å². The van der Waals surface area contributed by atoms with Gasteiger partial charge in [-0.15, -0.1) is 0 Å². The van der Waals surface area contributed by atoms with Crippen molar-refractivity contribution in [2.45, 2.75) is 38.5 Å². The second-order valence-corrected chi connectivity index (χ2v) is 3.03. The maximum atomic E-state index is 10.5. The predicted octanol–water partition coefficient (Wildman–Crippen LogP) is 2.04. The Labute approximate surface area is 80.1 Å². The third kappa shape index (κ3) is 3.86. The van der Waals surface area contributed by atoms with E-state index in [1.54, 1.807) is 0 Å². The van der Waals surface area contributed by atoms with Gasteiger partial charge in [0.2, 0.25) is 0 Å². The molecule has 11 heavy (non-hydrogen) atoms. The molecule has 1 saturated carbocycles. The molecule has 0 radical (unpaired) electrons. The average Bonchev–Trinajstić information content (AvgIpc) is 2.12. The fourth-order valence-electron chi connectivity index (χ4n) is 1.53. The van der Waals surface area contributed by atoms with Crippen LogP contribution in [0.3, 0.4) is 0 Å². The van der Waals surface area contributed by atoms with Crippen molar-refractivity contribution in [3.05, 3.63) is 0 Å². The van der Waals surface area contributed by atoms with Crippen LogP contribution in [0.1, 0.15) is 38.5 Å². The Morgan fingerprint density at radius 1 is 1.09 bits per heavy atom. The van der Waals surface area contributed by atoms with Gasteiger partial charge in [-0.3, -0.25) is 4.79 Å². The minimum atomic E-state index is -0.595. The molecule has 0 bridgehead atoms. The van der Waals surface area contributed by atoms with Crippen molar-refractivity contribution in [1.82, 2.24) is 0 Å². The Hall–Kier alpha value is 0.0934. The molecule has 0 aromatic heterocycles. The monoisotopic (exact) mass is 206 g/mol. The molecule has 1 aliphatic rings. The van der Waals surface area contributed by atoms with E-state index in [0.717, 1.165) is 25.7 Å². The van der Waals surface area contributed by atoms with E-state index in [1.165, 1.54) is 12.8 Å². The summed E-state index contributed by atoms with van der Waals surface area (Å²) in [5.41, 5.74) is 0. The summed E-state index contributed by atoms with van der Waals surface area (Å²) in [5.74, 6) is -0.635. The van der Waals surface area contributed by atoms with Crippen molar-refractivity contribution in [1.29, 1.82) is 0 Å². The molecule has 2 nitrogen and oxygen atoms in total. The van der Waals surface area contributed by atoms with Crippen LogP contribution in [0.25, 0.3) is 0 Å². The molecule has 0 aliphatic heterocycles. The predicted molar refractivity (Wildman–Crippen MR) is 38.8 cm³/mol. The standard InChI is InChI=1S/C8H14O2.Zn/c9-8(10)7-5-3-1-2-4-6-7;/h7H,1-6H2,(H,9,10);. The molecule has 0 spiro atoms. The van der Waals surface area contributed by atoms with Crippen molar-refractivity contribution in [2.24, 2.45) is 5.92 Å². The summed E-state index contributed by atoms with van der Waals surface area (Å²) in [6.07, 6.45) is 6.46. The second-order valence-electron chi connectivity index (χ2n) is 3.03.